The molecule has 2 aromatic rings. The van der Waals surface area contributed by atoms with Crippen molar-refractivity contribution in [3.63, 3.8) is 0 Å². The molecule has 1 aromatic carbocycles. The molecule has 0 bridgehead atoms. The van der Waals surface area contributed by atoms with Crippen LogP contribution in [0.15, 0.2) is 10.6 Å². The minimum absolute atomic E-state index is 0.0281. The Morgan fingerprint density at radius 2 is 2.00 bits per heavy atom. The summed E-state index contributed by atoms with van der Waals surface area (Å²) in [6, 6.07) is 2.07. The first-order valence-corrected chi connectivity index (χ1v) is 8.56. The maximum absolute atomic E-state index is 11.7. The molecule has 1 N–H and O–H groups in total. The lowest BCUT2D eigenvalue weighted by Crippen LogP contribution is -2.47. The van der Waals surface area contributed by atoms with Crippen LogP contribution in [-0.4, -0.2) is 17.0 Å². The van der Waals surface area contributed by atoms with E-state index in [1.165, 1.54) is 0 Å². The minimum atomic E-state index is -0.313. The van der Waals surface area contributed by atoms with Crippen molar-refractivity contribution in [2.75, 3.05) is 5.32 Å². The summed E-state index contributed by atoms with van der Waals surface area (Å²) in [5.41, 5.74) is 5.50. The molecule has 4 nitrogen and oxygen atoms in total. The number of aromatic nitrogens is 1. The summed E-state index contributed by atoms with van der Waals surface area (Å²) < 4.78 is 5.31. The van der Waals surface area contributed by atoms with Crippen LogP contribution in [0.3, 0.4) is 0 Å². The average Bonchev–Trinajstić information content (AvgIpc) is 2.81. The van der Waals surface area contributed by atoms with Gasteiger partial charge in [0.05, 0.1) is 10.7 Å². The predicted molar refractivity (Wildman–Crippen MR) is 96.8 cm³/mol. The highest BCUT2D eigenvalue weighted by atomic mass is 35.5. The largest absolute Gasteiger partial charge is 0.379 e. The Labute approximate surface area is 147 Å². The third-order valence-electron chi connectivity index (χ3n) is 5.22. The van der Waals surface area contributed by atoms with Gasteiger partial charge in [0.2, 0.25) is 0 Å². The number of halogens is 1. The molecular formula is C19H23ClN2O2. The van der Waals surface area contributed by atoms with Gasteiger partial charge in [-0.25, -0.2) is 0 Å². The number of fused-ring (bicyclic) bond motifs is 1. The number of rotatable bonds is 2. The van der Waals surface area contributed by atoms with Crippen molar-refractivity contribution in [3.8, 4) is 11.1 Å². The van der Waals surface area contributed by atoms with Gasteiger partial charge in [-0.05, 0) is 57.7 Å². The summed E-state index contributed by atoms with van der Waals surface area (Å²) >= 11 is 6.82. The third kappa shape index (κ3) is 2.35. The van der Waals surface area contributed by atoms with Gasteiger partial charge in [-0.2, -0.15) is 0 Å². The Balaban J connectivity index is 2.29. The summed E-state index contributed by atoms with van der Waals surface area (Å²) in [6.07, 6.45) is 1.04. The first kappa shape index (κ1) is 17.0. The highest BCUT2D eigenvalue weighted by molar-refractivity contribution is 6.35. The number of carbonyl (C=O) groups is 1. The normalized spacial score (nSPS) is 22.0. The lowest BCUT2D eigenvalue weighted by atomic mass is 9.71. The Morgan fingerprint density at radius 3 is 2.54 bits per heavy atom. The number of anilines is 1. The molecular weight excluding hydrogens is 324 g/mol. The van der Waals surface area contributed by atoms with Crippen molar-refractivity contribution in [1.82, 2.24) is 5.16 Å². The molecule has 1 aliphatic heterocycles. The molecule has 1 aliphatic rings. The smallest absolute Gasteiger partial charge is 0.141 e. The second-order valence-electron chi connectivity index (χ2n) is 7.34. The first-order valence-electron chi connectivity index (χ1n) is 8.18. The molecule has 128 valence electrons. The van der Waals surface area contributed by atoms with E-state index in [0.717, 1.165) is 45.7 Å². The Bertz CT molecular complexity index is 804. The maximum Gasteiger partial charge on any atom is 0.141 e. The maximum atomic E-state index is 11.7. The van der Waals surface area contributed by atoms with Gasteiger partial charge < -0.3 is 14.6 Å². The number of hydrogen-bond donors (Lipinski definition) is 1. The molecule has 0 saturated carbocycles. The lowest BCUT2D eigenvalue weighted by molar-refractivity contribution is -0.113. The summed E-state index contributed by atoms with van der Waals surface area (Å²) in [5, 5.41) is 8.24. The number of aldehydes is 1. The second-order valence-corrected chi connectivity index (χ2v) is 7.72. The molecule has 0 spiro atoms. The van der Waals surface area contributed by atoms with Crippen LogP contribution in [0.4, 0.5) is 5.69 Å². The molecule has 3 rings (SSSR count). The van der Waals surface area contributed by atoms with E-state index in [0.29, 0.717) is 5.02 Å². The molecule has 1 aromatic heterocycles. The van der Waals surface area contributed by atoms with Crippen molar-refractivity contribution in [1.29, 1.82) is 0 Å². The SMILES string of the molecule is Cc1cc(-c2c(C)noc2C)c(Cl)c2c1NC(C)(C)C(C=O)C2C. The summed E-state index contributed by atoms with van der Waals surface area (Å²) in [5.74, 6) is 0.625. The fourth-order valence-corrected chi connectivity index (χ4v) is 4.38. The average molecular weight is 347 g/mol. The van der Waals surface area contributed by atoms with E-state index in [1.807, 2.05) is 13.8 Å². The number of aryl methyl sites for hydroxylation is 3. The van der Waals surface area contributed by atoms with Crippen LogP contribution in [0.25, 0.3) is 11.1 Å². The van der Waals surface area contributed by atoms with Crippen LogP contribution in [0.5, 0.6) is 0 Å². The van der Waals surface area contributed by atoms with Gasteiger partial charge in [0.15, 0.2) is 0 Å². The van der Waals surface area contributed by atoms with Crippen LogP contribution in [-0.2, 0) is 4.79 Å². The number of carbonyl (C=O) groups excluding carboxylic acids is 1. The second kappa shape index (κ2) is 5.62. The van der Waals surface area contributed by atoms with Gasteiger partial charge in [0.25, 0.3) is 0 Å². The van der Waals surface area contributed by atoms with Crippen LogP contribution in [0.2, 0.25) is 5.02 Å². The zero-order valence-electron chi connectivity index (χ0n) is 15.0. The molecule has 0 fully saturated rings. The van der Waals surface area contributed by atoms with Crippen molar-refractivity contribution in [2.24, 2.45) is 5.92 Å². The zero-order chi connectivity index (χ0) is 17.8. The molecule has 2 heterocycles. The van der Waals surface area contributed by atoms with Crippen LogP contribution in [0, 0.1) is 26.7 Å². The van der Waals surface area contributed by atoms with Gasteiger partial charge in [0, 0.05) is 28.3 Å². The van der Waals surface area contributed by atoms with E-state index in [1.54, 1.807) is 0 Å². The van der Waals surface area contributed by atoms with E-state index in [-0.39, 0.29) is 17.4 Å². The zero-order valence-corrected chi connectivity index (χ0v) is 15.7. The molecule has 0 aliphatic carbocycles. The number of benzene rings is 1. The predicted octanol–water partition coefficient (Wildman–Crippen LogP) is 5.04. The molecule has 5 heteroatoms. The van der Waals surface area contributed by atoms with Gasteiger partial charge in [0.1, 0.15) is 12.0 Å². The molecule has 0 amide bonds. The first-order chi connectivity index (χ1) is 11.2. The van der Waals surface area contributed by atoms with Gasteiger partial charge in [-0.1, -0.05) is 23.7 Å². The molecule has 0 radical (unpaired) electrons. The van der Waals surface area contributed by atoms with Crippen molar-refractivity contribution >= 4 is 23.6 Å². The Kier molecular flexibility index (Phi) is 3.99. The van der Waals surface area contributed by atoms with E-state index in [2.05, 4.69) is 44.2 Å². The van der Waals surface area contributed by atoms with Crippen molar-refractivity contribution < 1.29 is 9.32 Å². The molecule has 24 heavy (non-hydrogen) atoms. The fraction of sp³-hybridized carbons (Fsp3) is 0.474. The van der Waals surface area contributed by atoms with Gasteiger partial charge >= 0.3 is 0 Å². The standard InChI is InChI=1S/C19H23ClN2O2/c1-9-7-13(16-11(3)22-24-12(16)4)17(20)15-10(2)14(8-23)19(5,6)21-18(9)15/h7-8,10,14,21H,1-6H3. The van der Waals surface area contributed by atoms with E-state index < -0.39 is 0 Å². The van der Waals surface area contributed by atoms with Gasteiger partial charge in [-0.3, -0.25) is 0 Å². The van der Waals surface area contributed by atoms with Crippen molar-refractivity contribution in [2.45, 2.75) is 53.0 Å². The van der Waals surface area contributed by atoms with Crippen LogP contribution in [0.1, 0.15) is 49.3 Å². The lowest BCUT2D eigenvalue weighted by Gasteiger charge is -2.44. The Hall–Kier alpha value is -1.81. The quantitative estimate of drug-likeness (QED) is 0.774. The minimum Gasteiger partial charge on any atom is -0.379 e. The fourth-order valence-electron chi connectivity index (χ4n) is 3.96. The Morgan fingerprint density at radius 1 is 1.33 bits per heavy atom. The van der Waals surface area contributed by atoms with E-state index >= 15 is 0 Å². The van der Waals surface area contributed by atoms with Crippen molar-refractivity contribution in [3.05, 3.63) is 33.7 Å². The topological polar surface area (TPSA) is 55.1 Å². The van der Waals surface area contributed by atoms with E-state index in [4.69, 9.17) is 16.1 Å². The van der Waals surface area contributed by atoms with Crippen LogP contribution < -0.4 is 5.32 Å². The highest BCUT2D eigenvalue weighted by Crippen LogP contribution is 2.50. The molecule has 2 atom stereocenters. The molecule has 2 unspecified atom stereocenters. The third-order valence-corrected chi connectivity index (χ3v) is 5.63. The number of hydrogen-bond acceptors (Lipinski definition) is 4. The number of nitrogens with zero attached hydrogens (tertiary/aromatic N) is 1. The summed E-state index contributed by atoms with van der Waals surface area (Å²) in [7, 11) is 0. The van der Waals surface area contributed by atoms with Gasteiger partial charge in [-0.15, -0.1) is 0 Å². The summed E-state index contributed by atoms with van der Waals surface area (Å²) in [4.78, 5) is 11.7. The number of nitrogens with one attached hydrogen (secondary N) is 1. The summed E-state index contributed by atoms with van der Waals surface area (Å²) in [6.45, 7) is 12.0. The van der Waals surface area contributed by atoms with E-state index in [9.17, 15) is 4.79 Å². The highest BCUT2D eigenvalue weighted by Gasteiger charge is 2.41. The molecule has 0 saturated heterocycles. The van der Waals surface area contributed by atoms with Crippen LogP contribution >= 0.6 is 11.6 Å². The monoisotopic (exact) mass is 346 g/mol.